The second-order valence-electron chi connectivity index (χ2n) is 8.86. The highest BCUT2D eigenvalue weighted by molar-refractivity contribution is 7.53. The fraction of sp³-hybridized carbons (Fsp3) is 0.520. The van der Waals surface area contributed by atoms with Crippen LogP contribution in [0.25, 0.3) is 0 Å². The number of primary amides is 1. The van der Waals surface area contributed by atoms with Gasteiger partial charge in [-0.25, -0.2) is 4.79 Å². The van der Waals surface area contributed by atoms with Crippen molar-refractivity contribution in [1.82, 2.24) is 5.32 Å². The number of carbonyl (C=O) groups is 3. The molecule has 0 saturated heterocycles. The van der Waals surface area contributed by atoms with Crippen molar-refractivity contribution in [2.75, 3.05) is 24.7 Å². The molecule has 0 aliphatic rings. The van der Waals surface area contributed by atoms with Gasteiger partial charge in [-0.3, -0.25) is 14.2 Å². The molecule has 1 aromatic rings. The lowest BCUT2D eigenvalue weighted by molar-refractivity contribution is -0.134. The second kappa shape index (κ2) is 16.6. The lowest BCUT2D eigenvalue weighted by atomic mass is 10.1. The van der Waals surface area contributed by atoms with E-state index in [9.17, 15) is 18.9 Å². The van der Waals surface area contributed by atoms with E-state index in [1.54, 1.807) is 51.1 Å². The minimum atomic E-state index is -3.49. The van der Waals surface area contributed by atoms with Gasteiger partial charge in [0.2, 0.25) is 5.91 Å². The zero-order valence-corrected chi connectivity index (χ0v) is 23.0. The van der Waals surface area contributed by atoms with Gasteiger partial charge in [-0.2, -0.15) is 5.26 Å². The molecule has 210 valence electrons. The summed E-state index contributed by atoms with van der Waals surface area (Å²) in [6.45, 7) is 6.44. The Morgan fingerprint density at radius 1 is 1.16 bits per heavy atom. The van der Waals surface area contributed by atoms with Crippen LogP contribution in [0.4, 0.5) is 10.5 Å². The molecule has 0 aliphatic heterocycles. The van der Waals surface area contributed by atoms with Crippen LogP contribution in [0.5, 0.6) is 0 Å². The van der Waals surface area contributed by atoms with Gasteiger partial charge >= 0.3 is 13.7 Å². The normalized spacial score (nSPS) is 14.6. The first-order chi connectivity index (χ1) is 17.9. The third-order valence-electron chi connectivity index (χ3n) is 5.16. The zero-order valence-electron chi connectivity index (χ0n) is 22.1. The van der Waals surface area contributed by atoms with Gasteiger partial charge in [0, 0.05) is 5.69 Å². The first-order valence-electron chi connectivity index (χ1n) is 12.1. The van der Waals surface area contributed by atoms with Crippen LogP contribution in [-0.2, 0) is 34.5 Å². The molecule has 1 rings (SSSR count). The van der Waals surface area contributed by atoms with E-state index in [4.69, 9.17) is 29.9 Å². The number of amides is 3. The number of carbonyl (C=O) groups excluding carboxylic acids is 3. The Morgan fingerprint density at radius 3 is 2.37 bits per heavy atom. The number of nitrogens with one attached hydrogen (secondary N) is 2. The van der Waals surface area contributed by atoms with E-state index in [0.29, 0.717) is 17.7 Å². The Hall–Kier alpha value is -3.23. The van der Waals surface area contributed by atoms with E-state index in [1.165, 1.54) is 6.92 Å². The van der Waals surface area contributed by atoms with Gasteiger partial charge in [-0.05, 0) is 43.9 Å². The average Bonchev–Trinajstić information content (AvgIpc) is 2.86. The molecule has 0 spiro atoms. The topological polar surface area (TPSA) is 190 Å². The summed E-state index contributed by atoms with van der Waals surface area (Å²) in [5.41, 5.74) is 6.86. The summed E-state index contributed by atoms with van der Waals surface area (Å²) >= 11 is 0. The number of nitrogens with zero attached hydrogens (tertiary/aromatic N) is 1. The van der Waals surface area contributed by atoms with E-state index in [1.807, 2.05) is 6.07 Å². The van der Waals surface area contributed by atoms with Gasteiger partial charge in [0.05, 0.1) is 38.5 Å². The van der Waals surface area contributed by atoms with Crippen LogP contribution in [-0.4, -0.2) is 54.5 Å². The lowest BCUT2D eigenvalue weighted by Crippen LogP contribution is -2.49. The van der Waals surface area contributed by atoms with Crippen molar-refractivity contribution in [3.8, 4) is 6.07 Å². The van der Waals surface area contributed by atoms with Crippen LogP contribution in [0, 0.1) is 17.2 Å². The first kappa shape index (κ1) is 32.8. The van der Waals surface area contributed by atoms with Crippen LogP contribution in [0.3, 0.4) is 0 Å². The zero-order chi connectivity index (χ0) is 28.7. The maximum Gasteiger partial charge on any atom is 0.405 e. The molecule has 0 aliphatic carbocycles. The highest BCUT2D eigenvalue weighted by Gasteiger charge is 2.28. The minimum Gasteiger partial charge on any atom is -0.436 e. The van der Waals surface area contributed by atoms with Gasteiger partial charge in [0.15, 0.2) is 6.10 Å². The highest BCUT2D eigenvalue weighted by atomic mass is 31.2. The van der Waals surface area contributed by atoms with Crippen LogP contribution >= 0.6 is 7.60 Å². The summed E-state index contributed by atoms with van der Waals surface area (Å²) < 4.78 is 28.9. The molecule has 5 N–H and O–H groups in total. The third-order valence-corrected chi connectivity index (χ3v) is 7.06. The first-order valence-corrected chi connectivity index (χ1v) is 13.8. The van der Waals surface area contributed by atoms with E-state index < -0.39 is 37.6 Å². The monoisotopic (exact) mass is 552 g/mol. The summed E-state index contributed by atoms with van der Waals surface area (Å²) in [5.74, 6) is -1.48. The summed E-state index contributed by atoms with van der Waals surface area (Å²) in [6, 6.07) is 7.58. The maximum atomic E-state index is 13.1. The molecule has 3 amide bonds. The molecule has 13 heteroatoms. The van der Waals surface area contributed by atoms with Crippen molar-refractivity contribution >= 4 is 31.2 Å². The average molecular weight is 553 g/mol. The number of allylic oxidation sites excluding steroid dienone is 1. The summed E-state index contributed by atoms with van der Waals surface area (Å²) in [6.07, 6.45) is 0.0779. The fourth-order valence-electron chi connectivity index (χ4n) is 3.02. The maximum absolute atomic E-state index is 13.1. The van der Waals surface area contributed by atoms with Crippen LogP contribution in [0.1, 0.15) is 46.1 Å². The quantitative estimate of drug-likeness (QED) is 0.135. The number of nitriles is 1. The van der Waals surface area contributed by atoms with Gasteiger partial charge in [0.25, 0.3) is 5.91 Å². The smallest absolute Gasteiger partial charge is 0.405 e. The highest BCUT2D eigenvalue weighted by Crippen LogP contribution is 2.49. The van der Waals surface area contributed by atoms with Crippen LogP contribution < -0.4 is 16.4 Å². The molecule has 0 radical (unpaired) electrons. The number of benzene rings is 1. The van der Waals surface area contributed by atoms with Crippen molar-refractivity contribution < 1.29 is 37.8 Å². The SMILES string of the molecule is C/C(=C\CCP(=O)(OCCC#N)OCc1ccc(NC(=O)C(C)NC(=O)C(OC(N)=O)C(C)C)cc1)CO. The van der Waals surface area contributed by atoms with Crippen molar-refractivity contribution in [2.24, 2.45) is 11.7 Å². The summed E-state index contributed by atoms with van der Waals surface area (Å²) in [4.78, 5) is 35.9. The van der Waals surface area contributed by atoms with E-state index in [2.05, 4.69) is 10.6 Å². The number of nitrogens with two attached hydrogens (primary N) is 1. The molecule has 0 bridgehead atoms. The molecular formula is C25H37N4O8P. The Bertz CT molecular complexity index is 1050. The molecule has 3 atom stereocenters. The summed E-state index contributed by atoms with van der Waals surface area (Å²) in [5, 5.41) is 23.0. The van der Waals surface area contributed by atoms with E-state index in [0.717, 1.165) is 5.57 Å². The Morgan fingerprint density at radius 2 is 1.82 bits per heavy atom. The van der Waals surface area contributed by atoms with Crippen LogP contribution in [0.2, 0.25) is 0 Å². The number of rotatable bonds is 16. The molecule has 0 fully saturated rings. The van der Waals surface area contributed by atoms with Crippen molar-refractivity contribution in [1.29, 1.82) is 5.26 Å². The van der Waals surface area contributed by atoms with Gasteiger partial charge in [-0.15, -0.1) is 0 Å². The number of ether oxygens (including phenoxy) is 1. The van der Waals surface area contributed by atoms with Crippen molar-refractivity contribution in [3.05, 3.63) is 41.5 Å². The number of aliphatic hydroxyl groups is 1. The van der Waals surface area contributed by atoms with Gasteiger partial charge in [-0.1, -0.05) is 37.6 Å². The number of aliphatic hydroxyl groups excluding tert-OH is 1. The lowest BCUT2D eigenvalue weighted by Gasteiger charge is -2.22. The molecule has 0 heterocycles. The van der Waals surface area contributed by atoms with E-state index in [-0.39, 0.29) is 38.3 Å². The van der Waals surface area contributed by atoms with Gasteiger partial charge in [0.1, 0.15) is 6.04 Å². The predicted molar refractivity (Wildman–Crippen MR) is 141 cm³/mol. The number of hydrogen-bond donors (Lipinski definition) is 4. The Kier molecular flexibility index (Phi) is 14.3. The molecule has 38 heavy (non-hydrogen) atoms. The molecule has 1 aromatic carbocycles. The summed E-state index contributed by atoms with van der Waals surface area (Å²) in [7, 11) is -3.49. The Labute approximate surface area is 223 Å². The fourth-order valence-corrected chi connectivity index (χ4v) is 4.51. The molecular weight excluding hydrogens is 515 g/mol. The molecule has 12 nitrogen and oxygen atoms in total. The Balaban J connectivity index is 2.72. The van der Waals surface area contributed by atoms with Crippen LogP contribution in [0.15, 0.2) is 35.9 Å². The second-order valence-corrected chi connectivity index (χ2v) is 11.0. The molecule has 3 unspecified atom stereocenters. The van der Waals surface area contributed by atoms with Gasteiger partial charge < -0.3 is 35.3 Å². The number of hydrogen-bond acceptors (Lipinski definition) is 9. The predicted octanol–water partition coefficient (Wildman–Crippen LogP) is 3.22. The third kappa shape index (κ3) is 12.3. The van der Waals surface area contributed by atoms with Crippen molar-refractivity contribution in [3.63, 3.8) is 0 Å². The number of anilines is 1. The van der Waals surface area contributed by atoms with Crippen molar-refractivity contribution in [2.45, 2.75) is 59.3 Å². The van der Waals surface area contributed by atoms with E-state index >= 15 is 0 Å². The standard InChI is InChI=1S/C25H37N4O8P/c1-17(2)22(37-25(27)33)24(32)28-19(4)23(31)29-21-10-8-20(9-11-21)16-36-38(34,35-13-6-12-26)14-5-7-18(3)15-30/h7-11,17,19,22,30H,5-6,13-16H2,1-4H3,(H2,27,33)(H,28,32)(H,29,31)/b18-7+. The largest absolute Gasteiger partial charge is 0.436 e. The molecule has 0 aromatic heterocycles. The molecule has 0 saturated carbocycles. The minimum absolute atomic E-state index is 0.0241.